The van der Waals surface area contributed by atoms with Gasteiger partial charge >= 0.3 is 6.01 Å². The number of rotatable bonds is 9. The topological polar surface area (TPSA) is 83.0 Å². The Morgan fingerprint density at radius 2 is 1.78 bits per heavy atom. The van der Waals surface area contributed by atoms with Crippen molar-refractivity contribution in [1.82, 2.24) is 20.2 Å². The number of fused-ring (bicyclic) bond motifs is 6. The second kappa shape index (κ2) is 12.3. The third-order valence-electron chi connectivity index (χ3n) is 12.6. The highest BCUT2D eigenvalue weighted by molar-refractivity contribution is 6.35. The molecule has 5 aliphatic rings. The Labute approximate surface area is 297 Å². The van der Waals surface area contributed by atoms with Gasteiger partial charge in [-0.3, -0.25) is 4.90 Å². The van der Waals surface area contributed by atoms with E-state index in [1.807, 2.05) is 31.4 Å². The number of anilines is 1. The number of ether oxygens (including phenoxy) is 2. The SMILES string of the molecule is C=C1CC1(CN1[C@@H]2CC[C@H]1CC(OC)C2)[C@@H](C)COc1nc(N2CC3CCC(C2)N3)c2cc(Cl)c(-c3cc(O)cc4ccccc34)c(F)c2n1. The van der Waals surface area contributed by atoms with Crippen molar-refractivity contribution in [1.29, 1.82) is 0 Å². The molecule has 0 amide bonds. The number of piperazine rings is 1. The zero-order valence-electron chi connectivity index (χ0n) is 28.8. The number of phenols is 1. The standard InChI is InChI=1S/C40H45ClFN5O3/c1-22-17-40(22,21-47-27-10-11-28(47)14-30(13-27)49-3)23(2)20-50-39-44-37-33(38(45-39)46-18-25-8-9-26(19-46)43-25)16-34(41)35(36(37)42)32-15-29(48)12-24-6-4-5-7-31(24)32/h4-7,12,15-16,23,25-28,30,43,48H,1,8-11,13-14,17-21H2,2-3H3/t23-,25?,26?,27-,28+,30?,40?/m0/s1. The molecule has 1 saturated carbocycles. The van der Waals surface area contributed by atoms with Crippen LogP contribution >= 0.6 is 11.6 Å². The first-order valence-electron chi connectivity index (χ1n) is 18.2. The number of methoxy groups -OCH3 is 1. The fourth-order valence-corrected chi connectivity index (χ4v) is 10.0. The molecule has 0 spiro atoms. The van der Waals surface area contributed by atoms with Crippen LogP contribution in [0, 0.1) is 17.2 Å². The summed E-state index contributed by atoms with van der Waals surface area (Å²) in [5.41, 5.74) is 2.15. The Morgan fingerprint density at radius 1 is 1.06 bits per heavy atom. The molecule has 1 aromatic heterocycles. The minimum Gasteiger partial charge on any atom is -0.508 e. The molecule has 5 heterocycles. The first-order valence-corrected chi connectivity index (χ1v) is 18.6. The first-order chi connectivity index (χ1) is 24.2. The van der Waals surface area contributed by atoms with E-state index in [1.165, 1.54) is 18.4 Å². The maximum atomic E-state index is 17.0. The summed E-state index contributed by atoms with van der Waals surface area (Å²) in [5, 5.41) is 16.7. The van der Waals surface area contributed by atoms with Crippen LogP contribution in [0.1, 0.15) is 51.9 Å². The lowest BCUT2D eigenvalue weighted by Crippen LogP contribution is -2.51. The van der Waals surface area contributed by atoms with Crippen LogP contribution in [0.3, 0.4) is 0 Å². The largest absolute Gasteiger partial charge is 0.508 e. The lowest BCUT2D eigenvalue weighted by Gasteiger charge is -2.41. The van der Waals surface area contributed by atoms with Gasteiger partial charge in [0, 0.05) is 73.2 Å². The number of aromatic hydroxyl groups is 1. The third-order valence-corrected chi connectivity index (χ3v) is 12.9. The molecule has 7 atom stereocenters. The molecular formula is C40H45ClFN5O3. The van der Waals surface area contributed by atoms with E-state index in [0.717, 1.165) is 62.5 Å². The van der Waals surface area contributed by atoms with E-state index in [0.29, 0.717) is 53.6 Å². The second-order valence-electron chi connectivity index (χ2n) is 15.6. The Hall–Kier alpha value is -3.50. The number of piperidine rings is 1. The van der Waals surface area contributed by atoms with Crippen LogP contribution in [0.2, 0.25) is 5.02 Å². The van der Waals surface area contributed by atoms with Crippen LogP contribution in [0.15, 0.2) is 54.6 Å². The van der Waals surface area contributed by atoms with Gasteiger partial charge in [-0.05, 0) is 79.5 Å². The van der Waals surface area contributed by atoms with Gasteiger partial charge in [-0.25, -0.2) is 4.39 Å². The number of hydrogen-bond acceptors (Lipinski definition) is 8. The van der Waals surface area contributed by atoms with Crippen molar-refractivity contribution in [2.24, 2.45) is 11.3 Å². The summed E-state index contributed by atoms with van der Waals surface area (Å²) < 4.78 is 29.3. The van der Waals surface area contributed by atoms with E-state index in [2.05, 4.69) is 28.6 Å². The van der Waals surface area contributed by atoms with E-state index < -0.39 is 5.82 Å². The zero-order valence-corrected chi connectivity index (χ0v) is 29.6. The van der Waals surface area contributed by atoms with Crippen molar-refractivity contribution >= 4 is 39.1 Å². The zero-order chi connectivity index (χ0) is 34.3. The van der Waals surface area contributed by atoms with E-state index in [-0.39, 0.29) is 39.2 Å². The average molecular weight is 698 g/mol. The number of hydrogen-bond donors (Lipinski definition) is 2. The van der Waals surface area contributed by atoms with E-state index in [1.54, 1.807) is 18.2 Å². The van der Waals surface area contributed by atoms with Gasteiger partial charge in [0.1, 0.15) is 17.1 Å². The van der Waals surface area contributed by atoms with Gasteiger partial charge < -0.3 is 24.8 Å². The maximum Gasteiger partial charge on any atom is 0.319 e. The van der Waals surface area contributed by atoms with Crippen molar-refractivity contribution in [3.05, 3.63) is 65.5 Å². The van der Waals surface area contributed by atoms with Gasteiger partial charge in [0.05, 0.1) is 17.7 Å². The van der Waals surface area contributed by atoms with Crippen molar-refractivity contribution in [2.45, 2.75) is 82.1 Å². The van der Waals surface area contributed by atoms with Crippen LogP contribution in [-0.2, 0) is 4.74 Å². The summed E-state index contributed by atoms with van der Waals surface area (Å²) in [5.74, 6) is 0.312. The Bertz CT molecular complexity index is 1980. The molecular weight excluding hydrogens is 653 g/mol. The minimum absolute atomic E-state index is 0.0134. The molecule has 8 nitrogen and oxygen atoms in total. The molecule has 9 rings (SSSR count). The van der Waals surface area contributed by atoms with E-state index >= 15 is 4.39 Å². The molecule has 4 unspecified atom stereocenters. The second-order valence-corrected chi connectivity index (χ2v) is 16.0. The summed E-state index contributed by atoms with van der Waals surface area (Å²) in [4.78, 5) is 14.7. The van der Waals surface area contributed by atoms with Gasteiger partial charge in [0.25, 0.3) is 0 Å². The van der Waals surface area contributed by atoms with Gasteiger partial charge in [-0.1, -0.05) is 54.9 Å². The number of benzene rings is 3. The minimum atomic E-state index is -0.551. The molecule has 50 heavy (non-hydrogen) atoms. The summed E-state index contributed by atoms with van der Waals surface area (Å²) in [6.07, 6.45) is 8.20. The molecule has 2 N–H and O–H groups in total. The highest BCUT2D eigenvalue weighted by atomic mass is 35.5. The molecule has 5 fully saturated rings. The molecule has 4 aromatic rings. The average Bonchev–Trinajstić information content (AvgIpc) is 3.57. The Morgan fingerprint density at radius 3 is 2.48 bits per heavy atom. The molecule has 1 aliphatic carbocycles. The van der Waals surface area contributed by atoms with Crippen LogP contribution in [0.5, 0.6) is 11.8 Å². The quantitative estimate of drug-likeness (QED) is 0.174. The van der Waals surface area contributed by atoms with Gasteiger partial charge in [0.2, 0.25) is 0 Å². The summed E-state index contributed by atoms with van der Waals surface area (Å²) in [7, 11) is 1.84. The molecule has 4 bridgehead atoms. The number of aromatic nitrogens is 2. The van der Waals surface area contributed by atoms with Crippen molar-refractivity contribution in [3.63, 3.8) is 0 Å². The lowest BCUT2D eigenvalue weighted by atomic mass is 9.87. The van der Waals surface area contributed by atoms with Crippen molar-refractivity contribution in [3.8, 4) is 22.9 Å². The molecule has 4 aliphatic heterocycles. The number of nitrogens with zero attached hydrogens (tertiary/aromatic N) is 4. The predicted molar refractivity (Wildman–Crippen MR) is 196 cm³/mol. The third kappa shape index (κ3) is 5.43. The summed E-state index contributed by atoms with van der Waals surface area (Å²) >= 11 is 6.95. The molecule has 3 aromatic carbocycles. The van der Waals surface area contributed by atoms with Crippen LogP contribution < -0.4 is 15.0 Å². The maximum absolute atomic E-state index is 17.0. The smallest absolute Gasteiger partial charge is 0.319 e. The molecule has 10 heteroatoms. The predicted octanol–water partition coefficient (Wildman–Crippen LogP) is 7.49. The first kappa shape index (κ1) is 32.4. The van der Waals surface area contributed by atoms with Gasteiger partial charge in [-0.15, -0.1) is 0 Å². The van der Waals surface area contributed by atoms with E-state index in [9.17, 15) is 5.11 Å². The highest BCUT2D eigenvalue weighted by Crippen LogP contribution is 2.58. The van der Waals surface area contributed by atoms with Crippen LogP contribution in [-0.4, -0.2) is 83.6 Å². The summed E-state index contributed by atoms with van der Waals surface area (Å²) in [6, 6.07) is 14.6. The Kier molecular flexibility index (Phi) is 7.99. The van der Waals surface area contributed by atoms with Gasteiger partial charge in [0.15, 0.2) is 5.82 Å². The highest BCUT2D eigenvalue weighted by Gasteiger charge is 2.55. The lowest BCUT2D eigenvalue weighted by molar-refractivity contribution is -0.00654. The monoisotopic (exact) mass is 697 g/mol. The fraction of sp³-hybridized carbons (Fsp3) is 0.500. The van der Waals surface area contributed by atoms with Crippen molar-refractivity contribution in [2.75, 3.05) is 38.3 Å². The van der Waals surface area contributed by atoms with Crippen LogP contribution in [0.25, 0.3) is 32.8 Å². The molecule has 4 saturated heterocycles. The molecule has 262 valence electrons. The van der Waals surface area contributed by atoms with Crippen LogP contribution in [0.4, 0.5) is 10.2 Å². The normalized spacial score (nSPS) is 29.6. The van der Waals surface area contributed by atoms with Gasteiger partial charge in [-0.2, -0.15) is 9.97 Å². The van der Waals surface area contributed by atoms with E-state index in [4.69, 9.17) is 31.0 Å². The number of halogens is 2. The van der Waals surface area contributed by atoms with Crippen molar-refractivity contribution < 1.29 is 19.0 Å². The Balaban J connectivity index is 1.07. The molecule has 0 radical (unpaired) electrons. The fourth-order valence-electron chi connectivity index (χ4n) is 9.73. The number of nitrogens with one attached hydrogen (secondary N) is 1. The number of phenolic OH excluding ortho intramolecular Hbond substituents is 1. The summed E-state index contributed by atoms with van der Waals surface area (Å²) in [6.45, 7) is 9.62.